The van der Waals surface area contributed by atoms with Gasteiger partial charge in [0.2, 0.25) is 0 Å². The van der Waals surface area contributed by atoms with Crippen molar-refractivity contribution < 1.29 is 4.74 Å². The van der Waals surface area contributed by atoms with Crippen LogP contribution in [0.3, 0.4) is 0 Å². The third-order valence-corrected chi connectivity index (χ3v) is 5.44. The number of hydrogen-bond acceptors (Lipinski definition) is 3. The van der Waals surface area contributed by atoms with E-state index in [9.17, 15) is 4.79 Å². The lowest BCUT2D eigenvalue weighted by atomic mass is 9.83. The Morgan fingerprint density at radius 3 is 2.63 bits per heavy atom. The van der Waals surface area contributed by atoms with E-state index in [0.717, 1.165) is 25.7 Å². The topological polar surface area (TPSA) is 80.0 Å². The maximum Gasteiger partial charge on any atom is 0.253 e. The van der Waals surface area contributed by atoms with Crippen LogP contribution in [0.1, 0.15) is 48.6 Å². The van der Waals surface area contributed by atoms with Gasteiger partial charge in [0.1, 0.15) is 0 Å². The van der Waals surface area contributed by atoms with Gasteiger partial charge in [0.05, 0.1) is 12.7 Å². The quantitative estimate of drug-likeness (QED) is 0.410. The van der Waals surface area contributed by atoms with E-state index in [0.29, 0.717) is 18.1 Å². The summed E-state index contributed by atoms with van der Waals surface area (Å²) in [6.45, 7) is 0.633. The Morgan fingerprint density at radius 2 is 1.93 bits per heavy atom. The molecular weight excluding hydrogens is 340 g/mol. The zero-order valence-electron chi connectivity index (χ0n) is 15.7. The average Bonchev–Trinajstić information content (AvgIpc) is 2.72. The molecule has 1 saturated carbocycles. The lowest BCUT2D eigenvalue weighted by Gasteiger charge is -2.30. The molecule has 6 heteroatoms. The summed E-state index contributed by atoms with van der Waals surface area (Å²) in [6, 6.07) is 14.3. The number of ether oxygens (including phenoxy) is 1. The second-order valence-electron chi connectivity index (χ2n) is 7.21. The lowest BCUT2D eigenvalue weighted by Crippen LogP contribution is -2.28. The normalized spacial score (nSPS) is 20.6. The molecule has 142 valence electrons. The van der Waals surface area contributed by atoms with Crippen molar-refractivity contribution in [2.75, 3.05) is 13.2 Å². The van der Waals surface area contributed by atoms with E-state index in [2.05, 4.69) is 40.4 Å². The van der Waals surface area contributed by atoms with Crippen molar-refractivity contribution >= 4 is 0 Å². The minimum absolute atomic E-state index is 0.0629. The van der Waals surface area contributed by atoms with Crippen LogP contribution in [0.4, 0.5) is 0 Å². The fourth-order valence-corrected chi connectivity index (χ4v) is 3.85. The van der Waals surface area contributed by atoms with Gasteiger partial charge in [0, 0.05) is 36.2 Å². The summed E-state index contributed by atoms with van der Waals surface area (Å²) in [4.78, 5) is 15.2. The van der Waals surface area contributed by atoms with Crippen molar-refractivity contribution in [1.82, 2.24) is 4.57 Å². The van der Waals surface area contributed by atoms with E-state index in [4.69, 9.17) is 10.3 Å². The van der Waals surface area contributed by atoms with E-state index in [1.54, 1.807) is 23.9 Å². The van der Waals surface area contributed by atoms with Gasteiger partial charge in [-0.3, -0.25) is 4.79 Å². The summed E-state index contributed by atoms with van der Waals surface area (Å²) < 4.78 is 7.69. The van der Waals surface area contributed by atoms with Crippen LogP contribution in [0, 0.1) is 0 Å². The third-order valence-electron chi connectivity index (χ3n) is 5.44. The molecule has 6 nitrogen and oxygen atoms in total. The molecule has 0 amide bonds. The first kappa shape index (κ1) is 19.2. The van der Waals surface area contributed by atoms with Crippen LogP contribution in [-0.2, 0) is 11.8 Å². The second kappa shape index (κ2) is 9.40. The Balaban J connectivity index is 1.59. The van der Waals surface area contributed by atoms with Crippen LogP contribution in [-0.4, -0.2) is 23.8 Å². The lowest BCUT2D eigenvalue weighted by molar-refractivity contribution is 0.0172. The number of rotatable bonds is 7. The van der Waals surface area contributed by atoms with Gasteiger partial charge in [-0.05, 0) is 48.8 Å². The molecule has 0 saturated heterocycles. The van der Waals surface area contributed by atoms with E-state index in [-0.39, 0.29) is 24.1 Å². The van der Waals surface area contributed by atoms with Crippen molar-refractivity contribution in [3.63, 3.8) is 0 Å². The van der Waals surface area contributed by atoms with Gasteiger partial charge >= 0.3 is 0 Å². The molecule has 1 aromatic heterocycles. The van der Waals surface area contributed by atoms with Crippen LogP contribution in [0.25, 0.3) is 10.4 Å². The molecule has 1 aliphatic carbocycles. The van der Waals surface area contributed by atoms with Crippen LogP contribution < -0.4 is 5.56 Å². The van der Waals surface area contributed by atoms with Crippen molar-refractivity contribution in [2.45, 2.75) is 43.6 Å². The smallest absolute Gasteiger partial charge is 0.253 e. The van der Waals surface area contributed by atoms with Crippen molar-refractivity contribution in [3.05, 3.63) is 80.6 Å². The fraction of sp³-hybridized carbons (Fsp3) is 0.476. The predicted molar refractivity (Wildman–Crippen MR) is 106 cm³/mol. The van der Waals surface area contributed by atoms with Gasteiger partial charge in [-0.1, -0.05) is 41.5 Å². The summed E-state index contributed by atoms with van der Waals surface area (Å²) >= 11 is 0. The van der Waals surface area contributed by atoms with Crippen molar-refractivity contribution in [1.29, 1.82) is 0 Å². The zero-order chi connectivity index (χ0) is 19.1. The SMILES string of the molecule is Cn1cccc(C(CN=[N+]=[N-])COC2CCC(c3ccccc3)CC2)c1=O. The van der Waals surface area contributed by atoms with Crippen LogP contribution >= 0.6 is 0 Å². The number of aryl methyl sites for hydroxylation is 1. The maximum absolute atomic E-state index is 12.4. The first-order valence-corrected chi connectivity index (χ1v) is 9.52. The predicted octanol–water partition coefficient (Wildman–Crippen LogP) is 4.52. The molecule has 3 rings (SSSR count). The fourth-order valence-electron chi connectivity index (χ4n) is 3.85. The van der Waals surface area contributed by atoms with Crippen LogP contribution in [0.5, 0.6) is 0 Å². The van der Waals surface area contributed by atoms with Crippen LogP contribution in [0.2, 0.25) is 0 Å². The number of hydrogen-bond donors (Lipinski definition) is 0. The molecule has 1 unspecified atom stereocenters. The standard InChI is InChI=1S/C21H26N4O2/c1-25-13-5-8-20(21(25)26)18(14-23-24-22)15-27-19-11-9-17(10-12-19)16-6-3-2-4-7-16/h2-8,13,17-19H,9-12,14-15H2,1H3. The van der Waals surface area contributed by atoms with E-state index in [1.165, 1.54) is 5.56 Å². The first-order valence-electron chi connectivity index (χ1n) is 9.52. The average molecular weight is 366 g/mol. The van der Waals surface area contributed by atoms with Gasteiger partial charge in [-0.15, -0.1) is 0 Å². The Labute approximate surface area is 159 Å². The van der Waals surface area contributed by atoms with Gasteiger partial charge in [0.15, 0.2) is 0 Å². The Morgan fingerprint density at radius 1 is 1.19 bits per heavy atom. The molecule has 0 bridgehead atoms. The van der Waals surface area contributed by atoms with Gasteiger partial charge in [-0.25, -0.2) is 0 Å². The minimum Gasteiger partial charge on any atom is -0.378 e. The summed E-state index contributed by atoms with van der Waals surface area (Å²) in [5, 5.41) is 3.69. The Kier molecular flexibility index (Phi) is 6.69. The molecule has 1 heterocycles. The maximum atomic E-state index is 12.4. The summed E-state index contributed by atoms with van der Waals surface area (Å²) in [5.74, 6) is 0.388. The van der Waals surface area contributed by atoms with E-state index in [1.807, 2.05) is 6.07 Å². The highest BCUT2D eigenvalue weighted by Gasteiger charge is 2.24. The minimum atomic E-state index is -0.215. The Bertz CT molecular complexity index is 835. The molecule has 2 aromatic rings. The molecule has 1 aromatic carbocycles. The number of nitrogens with zero attached hydrogens (tertiary/aromatic N) is 4. The van der Waals surface area contributed by atoms with Crippen molar-refractivity contribution in [2.24, 2.45) is 12.2 Å². The monoisotopic (exact) mass is 366 g/mol. The van der Waals surface area contributed by atoms with Gasteiger partial charge < -0.3 is 9.30 Å². The first-order chi connectivity index (χ1) is 13.2. The molecule has 0 aliphatic heterocycles. The highest BCUT2D eigenvalue weighted by atomic mass is 16.5. The summed E-state index contributed by atoms with van der Waals surface area (Å²) in [5.41, 5.74) is 10.7. The highest BCUT2D eigenvalue weighted by molar-refractivity contribution is 5.20. The third kappa shape index (κ3) is 5.00. The molecule has 0 spiro atoms. The molecule has 0 N–H and O–H groups in total. The van der Waals surface area contributed by atoms with E-state index < -0.39 is 0 Å². The number of pyridine rings is 1. The highest BCUT2D eigenvalue weighted by Crippen LogP contribution is 2.34. The number of benzene rings is 1. The summed E-state index contributed by atoms with van der Waals surface area (Å²) in [6.07, 6.45) is 6.18. The van der Waals surface area contributed by atoms with Crippen molar-refractivity contribution in [3.8, 4) is 0 Å². The molecular formula is C21H26N4O2. The molecule has 0 radical (unpaired) electrons. The largest absolute Gasteiger partial charge is 0.378 e. The summed E-state index contributed by atoms with van der Waals surface area (Å²) in [7, 11) is 1.72. The Hall–Kier alpha value is -2.56. The van der Waals surface area contributed by atoms with Gasteiger partial charge in [0.25, 0.3) is 5.56 Å². The van der Waals surface area contributed by atoms with Gasteiger partial charge in [-0.2, -0.15) is 0 Å². The number of azide groups is 1. The molecule has 1 atom stereocenters. The molecule has 27 heavy (non-hydrogen) atoms. The van der Waals surface area contributed by atoms with E-state index >= 15 is 0 Å². The number of aromatic nitrogens is 1. The zero-order valence-corrected chi connectivity index (χ0v) is 15.7. The van der Waals surface area contributed by atoms with Crippen LogP contribution in [0.15, 0.2) is 58.6 Å². The molecule has 1 aliphatic rings. The second-order valence-corrected chi connectivity index (χ2v) is 7.21. The molecule has 1 fully saturated rings.